The molecule has 0 spiro atoms. The first kappa shape index (κ1) is 12.7. The number of aromatic nitrogens is 2. The van der Waals surface area contributed by atoms with Crippen LogP contribution in [0.3, 0.4) is 0 Å². The van der Waals surface area contributed by atoms with Gasteiger partial charge in [0, 0.05) is 18.4 Å². The predicted octanol–water partition coefficient (Wildman–Crippen LogP) is 3.13. The van der Waals surface area contributed by atoms with Crippen LogP contribution in [0.2, 0.25) is 5.02 Å². The lowest BCUT2D eigenvalue weighted by molar-refractivity contribution is 0.717. The normalized spacial score (nSPS) is 10.3. The number of unbranched alkanes of at least 4 members (excludes halogenated alkanes) is 1. The lowest BCUT2D eigenvalue weighted by Gasteiger charge is -2.20. The molecule has 5 heteroatoms. The Labute approximate surface area is 104 Å². The van der Waals surface area contributed by atoms with E-state index in [0.717, 1.165) is 30.8 Å². The van der Waals surface area contributed by atoms with Crippen molar-refractivity contribution < 1.29 is 0 Å². The van der Waals surface area contributed by atoms with E-state index in [0.29, 0.717) is 5.02 Å². The van der Waals surface area contributed by atoms with Gasteiger partial charge in [-0.3, -0.25) is 0 Å². The smallest absolute Gasteiger partial charge is 0.225 e. The van der Waals surface area contributed by atoms with Gasteiger partial charge in [-0.25, -0.2) is 9.97 Å². The van der Waals surface area contributed by atoms with Gasteiger partial charge in [-0.1, -0.05) is 40.9 Å². The summed E-state index contributed by atoms with van der Waals surface area (Å²) in [6.07, 6.45) is 5.60. The first-order chi connectivity index (χ1) is 7.27. The summed E-state index contributed by atoms with van der Waals surface area (Å²) in [7, 11) is 0. The molecular weight excluding hydrogens is 277 g/mol. The van der Waals surface area contributed by atoms with Crippen LogP contribution in [0.1, 0.15) is 19.8 Å². The van der Waals surface area contributed by atoms with E-state index < -0.39 is 0 Å². The van der Waals surface area contributed by atoms with Gasteiger partial charge in [0.05, 0.1) is 17.4 Å². The van der Waals surface area contributed by atoms with E-state index in [1.165, 1.54) is 6.42 Å². The summed E-state index contributed by atoms with van der Waals surface area (Å²) in [5.74, 6) is 0.757. The highest BCUT2D eigenvalue weighted by Crippen LogP contribution is 2.11. The van der Waals surface area contributed by atoms with E-state index >= 15 is 0 Å². The molecule has 1 heterocycles. The van der Waals surface area contributed by atoms with Crippen LogP contribution in [-0.2, 0) is 0 Å². The summed E-state index contributed by atoms with van der Waals surface area (Å²) in [4.78, 5) is 10.6. The van der Waals surface area contributed by atoms with Crippen molar-refractivity contribution in [1.29, 1.82) is 0 Å². The SMILES string of the molecule is CCCCN(CCBr)c1ncc(Cl)cn1. The Kier molecular flexibility index (Phi) is 5.95. The molecule has 0 saturated heterocycles. The molecule has 1 aromatic rings. The number of nitrogens with zero attached hydrogens (tertiary/aromatic N) is 3. The Balaban J connectivity index is 2.65. The monoisotopic (exact) mass is 291 g/mol. The Morgan fingerprint density at radius 1 is 1.33 bits per heavy atom. The number of anilines is 1. The Morgan fingerprint density at radius 2 is 2.00 bits per heavy atom. The molecule has 0 aliphatic heterocycles. The zero-order valence-electron chi connectivity index (χ0n) is 8.79. The van der Waals surface area contributed by atoms with Crippen molar-refractivity contribution in [2.24, 2.45) is 0 Å². The Hall–Kier alpha value is -0.350. The van der Waals surface area contributed by atoms with E-state index in [-0.39, 0.29) is 0 Å². The summed E-state index contributed by atoms with van der Waals surface area (Å²) >= 11 is 9.18. The number of halogens is 2. The molecule has 0 aromatic carbocycles. The van der Waals surface area contributed by atoms with Crippen LogP contribution >= 0.6 is 27.5 Å². The number of alkyl halides is 1. The maximum atomic E-state index is 5.74. The van der Waals surface area contributed by atoms with Gasteiger partial charge in [0.15, 0.2) is 0 Å². The van der Waals surface area contributed by atoms with Crippen LogP contribution in [0.25, 0.3) is 0 Å². The van der Waals surface area contributed by atoms with Crippen LogP contribution in [0.5, 0.6) is 0 Å². The summed E-state index contributed by atoms with van der Waals surface area (Å²) in [6.45, 7) is 4.08. The maximum absolute atomic E-state index is 5.74. The van der Waals surface area contributed by atoms with E-state index in [2.05, 4.69) is 37.7 Å². The van der Waals surface area contributed by atoms with Gasteiger partial charge in [-0.15, -0.1) is 0 Å². The zero-order chi connectivity index (χ0) is 11.1. The minimum Gasteiger partial charge on any atom is -0.340 e. The quantitative estimate of drug-likeness (QED) is 0.754. The summed E-state index contributed by atoms with van der Waals surface area (Å²) in [5, 5.41) is 1.50. The van der Waals surface area contributed by atoms with E-state index in [1.807, 2.05) is 0 Å². The molecule has 0 N–H and O–H groups in total. The Morgan fingerprint density at radius 3 is 2.53 bits per heavy atom. The molecule has 84 valence electrons. The highest BCUT2D eigenvalue weighted by molar-refractivity contribution is 9.09. The fourth-order valence-electron chi connectivity index (χ4n) is 1.23. The molecule has 0 atom stereocenters. The minimum atomic E-state index is 0.577. The van der Waals surface area contributed by atoms with Crippen LogP contribution in [-0.4, -0.2) is 28.4 Å². The predicted molar refractivity (Wildman–Crippen MR) is 68.0 cm³/mol. The molecule has 0 aliphatic carbocycles. The second kappa shape index (κ2) is 7.01. The molecule has 0 amide bonds. The second-order valence-electron chi connectivity index (χ2n) is 3.23. The van der Waals surface area contributed by atoms with Crippen LogP contribution < -0.4 is 4.90 Å². The first-order valence-electron chi connectivity index (χ1n) is 5.06. The third-order valence-corrected chi connectivity index (χ3v) is 2.58. The van der Waals surface area contributed by atoms with Crippen molar-refractivity contribution >= 4 is 33.5 Å². The van der Waals surface area contributed by atoms with Gasteiger partial charge in [-0.2, -0.15) is 0 Å². The molecule has 0 bridgehead atoms. The molecule has 0 radical (unpaired) electrons. The van der Waals surface area contributed by atoms with Gasteiger partial charge >= 0.3 is 0 Å². The standard InChI is InChI=1S/C10H15BrClN3/c1-2-3-5-15(6-4-11)10-13-7-9(12)8-14-10/h7-8H,2-6H2,1H3. The van der Waals surface area contributed by atoms with Crippen molar-refractivity contribution in [3.63, 3.8) is 0 Å². The first-order valence-corrected chi connectivity index (χ1v) is 6.56. The summed E-state index contributed by atoms with van der Waals surface area (Å²) in [6, 6.07) is 0. The minimum absolute atomic E-state index is 0.577. The third-order valence-electron chi connectivity index (χ3n) is 2.03. The van der Waals surface area contributed by atoms with Crippen molar-refractivity contribution in [3.8, 4) is 0 Å². The third kappa shape index (κ3) is 4.34. The molecule has 0 fully saturated rings. The van der Waals surface area contributed by atoms with Crippen LogP contribution in [0, 0.1) is 0 Å². The number of hydrogen-bond donors (Lipinski definition) is 0. The number of hydrogen-bond acceptors (Lipinski definition) is 3. The average molecular weight is 293 g/mol. The van der Waals surface area contributed by atoms with Gasteiger partial charge in [0.25, 0.3) is 0 Å². The summed E-state index contributed by atoms with van der Waals surface area (Å²) < 4.78 is 0. The average Bonchev–Trinajstić information content (AvgIpc) is 2.25. The van der Waals surface area contributed by atoms with Gasteiger partial charge in [0.2, 0.25) is 5.95 Å². The zero-order valence-corrected chi connectivity index (χ0v) is 11.1. The molecule has 0 saturated carbocycles. The molecule has 15 heavy (non-hydrogen) atoms. The highest BCUT2D eigenvalue weighted by Gasteiger charge is 2.07. The molecule has 3 nitrogen and oxygen atoms in total. The molecule has 0 unspecified atom stereocenters. The van der Waals surface area contributed by atoms with Crippen molar-refractivity contribution in [1.82, 2.24) is 9.97 Å². The summed E-state index contributed by atoms with van der Waals surface area (Å²) in [5.41, 5.74) is 0. The number of rotatable bonds is 6. The topological polar surface area (TPSA) is 29.0 Å². The maximum Gasteiger partial charge on any atom is 0.225 e. The Bertz CT molecular complexity index is 279. The van der Waals surface area contributed by atoms with E-state index in [1.54, 1.807) is 12.4 Å². The van der Waals surface area contributed by atoms with Crippen molar-refractivity contribution in [2.45, 2.75) is 19.8 Å². The molecule has 0 aliphatic rings. The second-order valence-corrected chi connectivity index (χ2v) is 4.46. The van der Waals surface area contributed by atoms with E-state index in [9.17, 15) is 0 Å². The van der Waals surface area contributed by atoms with Crippen molar-refractivity contribution in [2.75, 3.05) is 23.3 Å². The van der Waals surface area contributed by atoms with Gasteiger partial charge < -0.3 is 4.90 Å². The van der Waals surface area contributed by atoms with Gasteiger partial charge in [-0.05, 0) is 6.42 Å². The molecular formula is C10H15BrClN3. The molecule has 1 rings (SSSR count). The van der Waals surface area contributed by atoms with E-state index in [4.69, 9.17) is 11.6 Å². The lowest BCUT2D eigenvalue weighted by Crippen LogP contribution is -2.28. The van der Waals surface area contributed by atoms with Crippen LogP contribution in [0.4, 0.5) is 5.95 Å². The fourth-order valence-corrected chi connectivity index (χ4v) is 1.76. The van der Waals surface area contributed by atoms with Gasteiger partial charge in [0.1, 0.15) is 0 Å². The highest BCUT2D eigenvalue weighted by atomic mass is 79.9. The van der Waals surface area contributed by atoms with Crippen molar-refractivity contribution in [3.05, 3.63) is 17.4 Å². The van der Waals surface area contributed by atoms with Crippen LogP contribution in [0.15, 0.2) is 12.4 Å². The lowest BCUT2D eigenvalue weighted by atomic mass is 10.3. The fraction of sp³-hybridized carbons (Fsp3) is 0.600. The molecule has 1 aromatic heterocycles. The largest absolute Gasteiger partial charge is 0.340 e.